The highest BCUT2D eigenvalue weighted by Crippen LogP contribution is 2.38. The quantitative estimate of drug-likeness (QED) is 0.0984. The topological polar surface area (TPSA) is 30.4 Å². The molecule has 0 saturated heterocycles. The molecule has 3 heteroatoms. The summed E-state index contributed by atoms with van der Waals surface area (Å²) in [6, 6.07) is 49.1. The fourth-order valence-corrected chi connectivity index (χ4v) is 7.74. The van der Waals surface area contributed by atoms with Crippen molar-refractivity contribution in [1.29, 1.82) is 0 Å². The van der Waals surface area contributed by atoms with Crippen molar-refractivity contribution in [3.8, 4) is 11.1 Å². The normalized spacial score (nSPS) is 15.2. The van der Waals surface area contributed by atoms with Gasteiger partial charge < -0.3 is 4.42 Å². The molecule has 250 valence electrons. The fourth-order valence-electron chi connectivity index (χ4n) is 7.74. The van der Waals surface area contributed by atoms with Gasteiger partial charge in [0.05, 0.1) is 16.7 Å². The van der Waals surface area contributed by atoms with Crippen LogP contribution in [0.25, 0.3) is 71.7 Å². The average Bonchev–Trinajstić information content (AvgIpc) is 3.73. The van der Waals surface area contributed by atoms with Crippen molar-refractivity contribution in [2.75, 3.05) is 0 Å². The van der Waals surface area contributed by atoms with Crippen LogP contribution in [0.3, 0.4) is 0 Å². The Labute approximate surface area is 303 Å². The summed E-state index contributed by atoms with van der Waals surface area (Å²) in [4.78, 5) is 5.44. The van der Waals surface area contributed by atoms with Gasteiger partial charge in [0, 0.05) is 32.7 Å². The van der Waals surface area contributed by atoms with Crippen LogP contribution in [0.4, 0.5) is 0 Å². The Morgan fingerprint density at radius 3 is 2.29 bits per heavy atom. The van der Waals surface area contributed by atoms with Crippen LogP contribution >= 0.6 is 0 Å². The highest BCUT2D eigenvalue weighted by molar-refractivity contribution is 6.16. The number of fused-ring (bicyclic) bond motifs is 6. The van der Waals surface area contributed by atoms with Crippen molar-refractivity contribution < 1.29 is 4.42 Å². The number of aromatic nitrogens is 1. The van der Waals surface area contributed by atoms with Crippen LogP contribution in [-0.4, -0.2) is 10.4 Å². The lowest BCUT2D eigenvalue weighted by Gasteiger charge is -2.18. The lowest BCUT2D eigenvalue weighted by molar-refractivity contribution is 0.668. The van der Waals surface area contributed by atoms with Gasteiger partial charge in [-0.2, -0.15) is 0 Å². The molecule has 1 unspecified atom stereocenters. The van der Waals surface area contributed by atoms with E-state index in [-0.39, 0.29) is 0 Å². The summed E-state index contributed by atoms with van der Waals surface area (Å²) in [6.07, 6.45) is 9.84. The zero-order valence-corrected chi connectivity index (χ0v) is 29.4. The summed E-state index contributed by atoms with van der Waals surface area (Å²) in [5.74, 6) is 1.33. The summed E-state index contributed by atoms with van der Waals surface area (Å²) in [6.45, 7) is 8.99. The molecule has 9 rings (SSSR count). The van der Waals surface area contributed by atoms with Crippen molar-refractivity contribution in [1.82, 2.24) is 4.57 Å². The molecule has 3 nitrogen and oxygen atoms in total. The lowest BCUT2D eigenvalue weighted by atomic mass is 9.88. The molecule has 1 aliphatic carbocycles. The van der Waals surface area contributed by atoms with Crippen LogP contribution in [0.2, 0.25) is 0 Å². The number of benzene rings is 6. The minimum atomic E-state index is 0.453. The van der Waals surface area contributed by atoms with Crippen LogP contribution in [0.5, 0.6) is 0 Å². The largest absolute Gasteiger partial charge is 0.455 e. The molecule has 1 atom stereocenters. The van der Waals surface area contributed by atoms with Crippen LogP contribution in [0.15, 0.2) is 180 Å². The van der Waals surface area contributed by atoms with Gasteiger partial charge in [0.15, 0.2) is 0 Å². The zero-order chi connectivity index (χ0) is 35.2. The Morgan fingerprint density at radius 2 is 1.46 bits per heavy atom. The second-order valence-electron chi connectivity index (χ2n) is 13.7. The van der Waals surface area contributed by atoms with Gasteiger partial charge >= 0.3 is 0 Å². The van der Waals surface area contributed by atoms with E-state index in [1.165, 1.54) is 33.0 Å². The van der Waals surface area contributed by atoms with Gasteiger partial charge in [-0.3, -0.25) is 4.57 Å². The van der Waals surface area contributed by atoms with Gasteiger partial charge in [-0.05, 0) is 77.4 Å². The molecule has 0 aliphatic heterocycles. The Hall–Kier alpha value is -6.45. The number of aliphatic imine (C=N–C) groups is 1. The van der Waals surface area contributed by atoms with E-state index in [1.807, 2.05) is 24.3 Å². The van der Waals surface area contributed by atoms with Crippen molar-refractivity contribution >= 4 is 66.4 Å². The second-order valence-corrected chi connectivity index (χ2v) is 13.7. The number of rotatable bonds is 6. The van der Waals surface area contributed by atoms with Gasteiger partial charge in [-0.25, -0.2) is 4.99 Å². The zero-order valence-electron chi connectivity index (χ0n) is 29.4. The maximum absolute atomic E-state index is 6.40. The number of hydrogen-bond acceptors (Lipinski definition) is 2. The predicted octanol–water partition coefficient (Wildman–Crippen LogP) is 13.4. The Kier molecular flexibility index (Phi) is 7.90. The first kappa shape index (κ1) is 31.5. The minimum Gasteiger partial charge on any atom is -0.455 e. The Morgan fingerprint density at radius 1 is 0.712 bits per heavy atom. The minimum absolute atomic E-state index is 0.453. The number of hydrogen-bond donors (Lipinski definition) is 0. The van der Waals surface area contributed by atoms with Crippen molar-refractivity contribution in [2.45, 2.75) is 20.3 Å². The molecule has 1 aliphatic rings. The first-order chi connectivity index (χ1) is 25.5. The van der Waals surface area contributed by atoms with E-state index in [4.69, 9.17) is 9.41 Å². The van der Waals surface area contributed by atoms with E-state index >= 15 is 0 Å². The van der Waals surface area contributed by atoms with Gasteiger partial charge in [0.25, 0.3) is 0 Å². The Balaban J connectivity index is 1.23. The third kappa shape index (κ3) is 5.52. The molecular formula is C49H38N2O. The molecule has 52 heavy (non-hydrogen) atoms. The van der Waals surface area contributed by atoms with Gasteiger partial charge in [0.1, 0.15) is 17.0 Å². The maximum Gasteiger partial charge on any atom is 0.143 e. The molecule has 2 aromatic heterocycles. The lowest BCUT2D eigenvalue weighted by Crippen LogP contribution is -2.08. The summed E-state index contributed by atoms with van der Waals surface area (Å²) in [5, 5.41) is 4.59. The van der Waals surface area contributed by atoms with Crippen molar-refractivity contribution in [2.24, 2.45) is 10.9 Å². The fraction of sp³-hybridized carbons (Fsp3) is 0.0816. The molecule has 0 saturated carbocycles. The molecule has 2 heterocycles. The second kappa shape index (κ2) is 13.0. The highest BCUT2D eigenvalue weighted by atomic mass is 16.3. The standard InChI is InChI=1S/C49H38N2O/c1-32-15-10-11-20-39(32)38-25-27-41-44-30-37(35-16-6-4-7-17-35)26-28-46(44)51(47(41)31-38)34(3)50-45(36-18-8-5-9-19-36)29-33(2)40-22-14-23-43-42-21-12-13-24-48(42)52-49(40)43/h4-14,16-32H,2,15H2,1,3H3/b45-29-,50-34?. The first-order valence-electron chi connectivity index (χ1n) is 18.0. The van der Waals surface area contributed by atoms with Crippen molar-refractivity contribution in [3.05, 3.63) is 187 Å². The van der Waals surface area contributed by atoms with Crippen LogP contribution in [0.1, 0.15) is 37.0 Å². The number of furan rings is 1. The summed E-state index contributed by atoms with van der Waals surface area (Å²) in [5.41, 5.74) is 12.6. The number of para-hydroxylation sites is 2. The molecular weight excluding hydrogens is 633 g/mol. The number of allylic oxidation sites excluding steroid dienone is 6. The monoisotopic (exact) mass is 670 g/mol. The van der Waals surface area contributed by atoms with E-state index in [0.29, 0.717) is 5.92 Å². The van der Waals surface area contributed by atoms with E-state index in [9.17, 15) is 0 Å². The maximum atomic E-state index is 6.40. The van der Waals surface area contributed by atoms with Gasteiger partial charge in [0.2, 0.25) is 0 Å². The van der Waals surface area contributed by atoms with Crippen molar-refractivity contribution in [3.63, 3.8) is 0 Å². The molecule has 0 radical (unpaired) electrons. The number of nitrogens with zero attached hydrogens (tertiary/aromatic N) is 2. The SMILES string of the molecule is C=C(/C=C(\N=C(C)n1c2ccc(-c3ccccc3)cc2c2ccc(C3=CC=CCC3C)cc21)c1ccccc1)c1cccc2c1oc1ccccc12. The smallest absolute Gasteiger partial charge is 0.143 e. The third-order valence-electron chi connectivity index (χ3n) is 10.4. The van der Waals surface area contributed by atoms with Crippen LogP contribution < -0.4 is 0 Å². The third-order valence-corrected chi connectivity index (χ3v) is 10.4. The van der Waals surface area contributed by atoms with Gasteiger partial charge in [-0.15, -0.1) is 0 Å². The first-order valence-corrected chi connectivity index (χ1v) is 18.0. The average molecular weight is 671 g/mol. The van der Waals surface area contributed by atoms with E-state index in [0.717, 1.165) is 67.6 Å². The molecule has 6 aromatic carbocycles. The van der Waals surface area contributed by atoms with Gasteiger partial charge in [-0.1, -0.05) is 147 Å². The van der Waals surface area contributed by atoms with E-state index in [2.05, 4.69) is 165 Å². The summed E-state index contributed by atoms with van der Waals surface area (Å²) in [7, 11) is 0. The Bertz CT molecular complexity index is 2790. The summed E-state index contributed by atoms with van der Waals surface area (Å²) >= 11 is 0. The molecule has 0 bridgehead atoms. The molecule has 0 fully saturated rings. The van der Waals surface area contributed by atoms with Crippen LogP contribution in [-0.2, 0) is 0 Å². The predicted molar refractivity (Wildman–Crippen MR) is 221 cm³/mol. The van der Waals surface area contributed by atoms with E-state index < -0.39 is 0 Å². The van der Waals surface area contributed by atoms with Crippen LogP contribution in [0, 0.1) is 5.92 Å². The summed E-state index contributed by atoms with van der Waals surface area (Å²) < 4.78 is 8.73. The highest BCUT2D eigenvalue weighted by Gasteiger charge is 2.19. The molecule has 0 amide bonds. The molecule has 0 spiro atoms. The molecule has 8 aromatic rings. The molecule has 0 N–H and O–H groups in total. The van der Waals surface area contributed by atoms with E-state index in [1.54, 1.807) is 0 Å².